The Labute approximate surface area is 118 Å². The zero-order valence-electron chi connectivity index (χ0n) is 12.6. The largest absolute Gasteiger partial charge is 0.444 e. The zero-order chi connectivity index (χ0) is 14.3. The molecule has 6 heteroatoms. The Morgan fingerprint density at radius 2 is 2.00 bits per heavy atom. The smallest absolute Gasteiger partial charge is 0.208 e. The molecule has 3 rings (SSSR count). The Morgan fingerprint density at radius 1 is 1.20 bits per heavy atom. The molecule has 0 aliphatic carbocycles. The lowest BCUT2D eigenvalue weighted by Gasteiger charge is -2.26. The molecular formula is C14H21N5O. The van der Waals surface area contributed by atoms with Gasteiger partial charge in [0.05, 0.1) is 18.8 Å². The van der Waals surface area contributed by atoms with Crippen LogP contribution in [-0.4, -0.2) is 31.2 Å². The third-order valence-corrected chi connectivity index (χ3v) is 3.81. The van der Waals surface area contributed by atoms with Gasteiger partial charge in [0, 0.05) is 19.0 Å². The van der Waals surface area contributed by atoms with Crippen molar-refractivity contribution in [3.63, 3.8) is 0 Å². The number of fused-ring (bicyclic) bond motifs is 1. The molecule has 3 heterocycles. The monoisotopic (exact) mass is 275 g/mol. The molecule has 0 saturated carbocycles. The van der Waals surface area contributed by atoms with E-state index in [4.69, 9.17) is 4.42 Å². The van der Waals surface area contributed by atoms with E-state index < -0.39 is 0 Å². The highest BCUT2D eigenvalue weighted by molar-refractivity contribution is 5.06. The zero-order valence-corrected chi connectivity index (χ0v) is 12.6. The van der Waals surface area contributed by atoms with Crippen LogP contribution in [0.5, 0.6) is 0 Å². The minimum atomic E-state index is 0.417. The first-order valence-corrected chi connectivity index (χ1v) is 7.12. The van der Waals surface area contributed by atoms with E-state index in [9.17, 15) is 0 Å². The lowest BCUT2D eigenvalue weighted by atomic mass is 10.2. The molecule has 20 heavy (non-hydrogen) atoms. The summed E-state index contributed by atoms with van der Waals surface area (Å²) in [6, 6.07) is 0. The van der Waals surface area contributed by atoms with Crippen molar-refractivity contribution in [3.8, 4) is 0 Å². The number of oxazole rings is 1. The first-order valence-electron chi connectivity index (χ1n) is 7.12. The molecule has 0 N–H and O–H groups in total. The van der Waals surface area contributed by atoms with Gasteiger partial charge >= 0.3 is 0 Å². The van der Waals surface area contributed by atoms with Gasteiger partial charge in [-0.25, -0.2) is 4.98 Å². The first kappa shape index (κ1) is 13.3. The molecule has 2 aromatic heterocycles. The molecule has 6 nitrogen and oxygen atoms in total. The highest BCUT2D eigenvalue weighted by Gasteiger charge is 2.23. The van der Waals surface area contributed by atoms with Gasteiger partial charge in [0.25, 0.3) is 0 Å². The van der Waals surface area contributed by atoms with Crippen LogP contribution < -0.4 is 0 Å². The van der Waals surface area contributed by atoms with E-state index in [2.05, 4.69) is 38.5 Å². The molecule has 0 unspecified atom stereocenters. The lowest BCUT2D eigenvalue weighted by Crippen LogP contribution is -2.34. The van der Waals surface area contributed by atoms with Gasteiger partial charge in [-0.2, -0.15) is 0 Å². The van der Waals surface area contributed by atoms with E-state index in [-0.39, 0.29) is 0 Å². The highest BCUT2D eigenvalue weighted by Crippen LogP contribution is 2.20. The fourth-order valence-electron chi connectivity index (χ4n) is 2.59. The van der Waals surface area contributed by atoms with E-state index in [1.54, 1.807) is 0 Å². The minimum Gasteiger partial charge on any atom is -0.444 e. The van der Waals surface area contributed by atoms with Crippen LogP contribution in [0.2, 0.25) is 0 Å². The predicted octanol–water partition coefficient (Wildman–Crippen LogP) is 2.02. The maximum atomic E-state index is 5.65. The molecule has 0 bridgehead atoms. The van der Waals surface area contributed by atoms with E-state index in [0.717, 1.165) is 55.2 Å². The van der Waals surface area contributed by atoms with Crippen molar-refractivity contribution in [1.29, 1.82) is 0 Å². The Hall–Kier alpha value is -1.69. The summed E-state index contributed by atoms with van der Waals surface area (Å²) < 4.78 is 7.90. The molecule has 1 aliphatic heterocycles. The summed E-state index contributed by atoms with van der Waals surface area (Å²) >= 11 is 0. The van der Waals surface area contributed by atoms with Crippen LogP contribution in [0, 0.1) is 13.8 Å². The molecule has 0 saturated heterocycles. The number of nitrogens with zero attached hydrogens (tertiary/aromatic N) is 5. The summed E-state index contributed by atoms with van der Waals surface area (Å²) in [5.41, 5.74) is 0.974. The van der Waals surface area contributed by atoms with Gasteiger partial charge < -0.3 is 8.98 Å². The van der Waals surface area contributed by atoms with Crippen LogP contribution in [-0.2, 0) is 19.6 Å². The number of hydrogen-bond acceptors (Lipinski definition) is 5. The van der Waals surface area contributed by atoms with E-state index in [1.165, 1.54) is 0 Å². The standard InChI is InChI=1S/C14H21N5O/c1-9(2)14-17-16-12-7-18(5-6-19(12)14)8-13-15-10(3)11(4)20-13/h9H,5-8H2,1-4H3. The molecule has 0 amide bonds. The second-order valence-electron chi connectivity index (χ2n) is 5.74. The Morgan fingerprint density at radius 3 is 2.65 bits per heavy atom. The molecule has 0 atom stereocenters. The van der Waals surface area contributed by atoms with Crippen LogP contribution in [0.3, 0.4) is 0 Å². The lowest BCUT2D eigenvalue weighted by molar-refractivity contribution is 0.187. The summed E-state index contributed by atoms with van der Waals surface area (Å²) in [5, 5.41) is 8.62. The maximum absolute atomic E-state index is 5.65. The van der Waals surface area contributed by atoms with Gasteiger partial charge in [-0.15, -0.1) is 10.2 Å². The topological polar surface area (TPSA) is 60.0 Å². The normalized spacial score (nSPS) is 15.8. The first-order chi connectivity index (χ1) is 9.54. The van der Waals surface area contributed by atoms with Crippen LogP contribution in [0.25, 0.3) is 0 Å². The Balaban J connectivity index is 1.73. The third kappa shape index (κ3) is 2.35. The molecule has 108 valence electrons. The second-order valence-corrected chi connectivity index (χ2v) is 5.74. The van der Waals surface area contributed by atoms with E-state index in [1.807, 2.05) is 13.8 Å². The van der Waals surface area contributed by atoms with Crippen molar-refractivity contribution in [2.75, 3.05) is 6.54 Å². The van der Waals surface area contributed by atoms with Crippen molar-refractivity contribution >= 4 is 0 Å². The summed E-state index contributed by atoms with van der Waals surface area (Å²) in [7, 11) is 0. The fraction of sp³-hybridized carbons (Fsp3) is 0.643. The number of hydrogen-bond donors (Lipinski definition) is 0. The minimum absolute atomic E-state index is 0.417. The highest BCUT2D eigenvalue weighted by atomic mass is 16.4. The van der Waals surface area contributed by atoms with Crippen LogP contribution >= 0.6 is 0 Å². The van der Waals surface area contributed by atoms with Crippen LogP contribution in [0.15, 0.2) is 4.42 Å². The van der Waals surface area contributed by atoms with Crippen molar-refractivity contribution in [2.24, 2.45) is 0 Å². The Kier molecular flexibility index (Phi) is 3.33. The third-order valence-electron chi connectivity index (χ3n) is 3.81. The number of rotatable bonds is 3. The van der Waals surface area contributed by atoms with Crippen molar-refractivity contribution in [3.05, 3.63) is 29.0 Å². The molecule has 0 spiro atoms. The molecule has 0 radical (unpaired) electrons. The predicted molar refractivity (Wildman–Crippen MR) is 74.2 cm³/mol. The van der Waals surface area contributed by atoms with Gasteiger partial charge in [-0.3, -0.25) is 4.90 Å². The number of aryl methyl sites for hydroxylation is 2. The molecule has 1 aliphatic rings. The maximum Gasteiger partial charge on any atom is 0.208 e. The summed E-state index contributed by atoms with van der Waals surface area (Å²) in [6.45, 7) is 11.7. The second kappa shape index (κ2) is 5.01. The van der Waals surface area contributed by atoms with Crippen molar-refractivity contribution in [2.45, 2.75) is 53.2 Å². The average molecular weight is 275 g/mol. The molecule has 2 aromatic rings. The van der Waals surface area contributed by atoms with Gasteiger partial charge in [0.1, 0.15) is 17.4 Å². The van der Waals surface area contributed by atoms with Gasteiger partial charge in [-0.1, -0.05) is 13.8 Å². The quantitative estimate of drug-likeness (QED) is 0.857. The molecule has 0 aromatic carbocycles. The SMILES string of the molecule is Cc1nc(CN2CCn3c(nnc3C(C)C)C2)oc1C. The van der Waals surface area contributed by atoms with Crippen molar-refractivity contribution < 1.29 is 4.42 Å². The van der Waals surface area contributed by atoms with Crippen LogP contribution in [0.1, 0.15) is 48.8 Å². The van der Waals surface area contributed by atoms with Crippen LogP contribution in [0.4, 0.5) is 0 Å². The average Bonchev–Trinajstić information content (AvgIpc) is 2.93. The van der Waals surface area contributed by atoms with E-state index >= 15 is 0 Å². The molecule has 0 fully saturated rings. The van der Waals surface area contributed by atoms with Crippen molar-refractivity contribution in [1.82, 2.24) is 24.6 Å². The summed E-state index contributed by atoms with van der Waals surface area (Å²) in [5.74, 6) is 4.24. The van der Waals surface area contributed by atoms with Gasteiger partial charge in [0.2, 0.25) is 5.89 Å². The number of aromatic nitrogens is 4. The summed E-state index contributed by atoms with van der Waals surface area (Å²) in [4.78, 5) is 6.75. The summed E-state index contributed by atoms with van der Waals surface area (Å²) in [6.07, 6.45) is 0. The Bertz CT molecular complexity index is 594. The molecular weight excluding hydrogens is 254 g/mol. The van der Waals surface area contributed by atoms with Gasteiger partial charge in [0.15, 0.2) is 0 Å². The fourth-order valence-corrected chi connectivity index (χ4v) is 2.59. The van der Waals surface area contributed by atoms with E-state index in [0.29, 0.717) is 5.92 Å². The van der Waals surface area contributed by atoms with Gasteiger partial charge in [-0.05, 0) is 13.8 Å².